The molecule has 0 radical (unpaired) electrons. The molecule has 4 rings (SSSR count). The van der Waals surface area contributed by atoms with Crippen LogP contribution in [-0.2, 0) is 0 Å². The van der Waals surface area contributed by atoms with E-state index in [2.05, 4.69) is 31.8 Å². The first-order chi connectivity index (χ1) is 13.1. The van der Waals surface area contributed by atoms with Crippen LogP contribution in [0.1, 0.15) is 32.1 Å². The van der Waals surface area contributed by atoms with Gasteiger partial charge >= 0.3 is 0 Å². The van der Waals surface area contributed by atoms with Gasteiger partial charge in [0.25, 0.3) is 0 Å². The van der Waals surface area contributed by atoms with E-state index in [1.54, 1.807) is 18.5 Å². The summed E-state index contributed by atoms with van der Waals surface area (Å²) < 4.78 is 14.3. The zero-order chi connectivity index (χ0) is 18.8. The van der Waals surface area contributed by atoms with Gasteiger partial charge in [0, 0.05) is 29.4 Å². The maximum Gasteiger partial charge on any atom is 0.183 e. The molecule has 27 heavy (non-hydrogen) atoms. The number of allylic oxidation sites excluding steroid dienone is 1. The van der Waals surface area contributed by atoms with Gasteiger partial charge in [0.15, 0.2) is 17.5 Å². The Morgan fingerprint density at radius 3 is 3.07 bits per heavy atom. The summed E-state index contributed by atoms with van der Waals surface area (Å²) in [5, 5.41) is 4.62. The summed E-state index contributed by atoms with van der Waals surface area (Å²) in [5.74, 6) is 0.835. The Kier molecular flexibility index (Phi) is 5.07. The minimum atomic E-state index is -0.444. The number of pyridine rings is 1. The van der Waals surface area contributed by atoms with Crippen molar-refractivity contribution in [1.82, 2.24) is 19.9 Å². The standard InChI is InChI=1S/C20H21ClFN5/c1-2-4-12-5-3-6-14(7-12)26-20-17(22)11-25-19(27-20)16-10-24-18-15(16)8-13(21)9-23-18/h2,8-12,14H,1,3-7H2,(H,23,24)(H,25,26,27)/t12?,14-/m0/s1. The number of hydrogen-bond acceptors (Lipinski definition) is 4. The highest BCUT2D eigenvalue weighted by Gasteiger charge is 2.23. The number of nitrogens with one attached hydrogen (secondary N) is 2. The molecule has 3 aromatic rings. The predicted octanol–water partition coefficient (Wildman–Crippen LogP) is 5.36. The van der Waals surface area contributed by atoms with E-state index in [9.17, 15) is 4.39 Å². The van der Waals surface area contributed by atoms with Gasteiger partial charge in [-0.15, -0.1) is 6.58 Å². The maximum absolute atomic E-state index is 14.3. The lowest BCUT2D eigenvalue weighted by Gasteiger charge is -2.29. The number of aromatic amines is 1. The molecular weight excluding hydrogens is 365 g/mol. The van der Waals surface area contributed by atoms with E-state index >= 15 is 0 Å². The largest absolute Gasteiger partial charge is 0.365 e. The third-order valence-electron chi connectivity index (χ3n) is 5.11. The molecule has 140 valence electrons. The van der Waals surface area contributed by atoms with Crippen LogP contribution in [0.4, 0.5) is 10.2 Å². The number of nitrogens with zero attached hydrogens (tertiary/aromatic N) is 3. The van der Waals surface area contributed by atoms with E-state index in [1.807, 2.05) is 6.08 Å². The molecule has 2 atom stereocenters. The van der Waals surface area contributed by atoms with Crippen molar-refractivity contribution in [3.63, 3.8) is 0 Å². The number of halogens is 2. The molecule has 2 N–H and O–H groups in total. The van der Waals surface area contributed by atoms with Gasteiger partial charge in [-0.2, -0.15) is 0 Å². The Bertz CT molecular complexity index is 970. The lowest BCUT2D eigenvalue weighted by molar-refractivity contribution is 0.336. The Balaban J connectivity index is 1.61. The van der Waals surface area contributed by atoms with Crippen LogP contribution >= 0.6 is 11.6 Å². The van der Waals surface area contributed by atoms with Crippen LogP contribution in [0, 0.1) is 11.7 Å². The fourth-order valence-corrected chi connectivity index (χ4v) is 3.98. The molecule has 3 aromatic heterocycles. The lowest BCUT2D eigenvalue weighted by atomic mass is 9.84. The Morgan fingerprint density at radius 1 is 1.33 bits per heavy atom. The second-order valence-electron chi connectivity index (χ2n) is 7.04. The normalized spacial score (nSPS) is 19.9. The van der Waals surface area contributed by atoms with E-state index in [0.29, 0.717) is 22.4 Å². The topological polar surface area (TPSA) is 66.5 Å². The van der Waals surface area contributed by atoms with Crippen molar-refractivity contribution in [1.29, 1.82) is 0 Å². The van der Waals surface area contributed by atoms with Crippen LogP contribution in [0.3, 0.4) is 0 Å². The van der Waals surface area contributed by atoms with Gasteiger partial charge in [-0.05, 0) is 37.7 Å². The van der Waals surface area contributed by atoms with Crippen molar-refractivity contribution in [2.45, 2.75) is 38.1 Å². The summed E-state index contributed by atoms with van der Waals surface area (Å²) in [7, 11) is 0. The van der Waals surface area contributed by atoms with Crippen LogP contribution in [0.15, 0.2) is 37.3 Å². The van der Waals surface area contributed by atoms with Crippen LogP contribution in [0.2, 0.25) is 5.02 Å². The van der Waals surface area contributed by atoms with Crippen LogP contribution in [0.5, 0.6) is 0 Å². The zero-order valence-electron chi connectivity index (χ0n) is 14.9. The summed E-state index contributed by atoms with van der Waals surface area (Å²) in [6, 6.07) is 2.01. The molecule has 0 bridgehead atoms. The predicted molar refractivity (Wildman–Crippen MR) is 106 cm³/mol. The molecule has 1 fully saturated rings. The molecule has 1 aliphatic carbocycles. The van der Waals surface area contributed by atoms with E-state index in [-0.39, 0.29) is 11.9 Å². The summed E-state index contributed by atoms with van der Waals surface area (Å²) in [5.41, 5.74) is 1.44. The number of H-pyrrole nitrogens is 1. The van der Waals surface area contributed by atoms with Crippen LogP contribution in [0.25, 0.3) is 22.4 Å². The quantitative estimate of drug-likeness (QED) is 0.580. The molecule has 0 aromatic carbocycles. The van der Waals surface area contributed by atoms with Gasteiger partial charge in [-0.25, -0.2) is 19.3 Å². The second kappa shape index (κ2) is 7.64. The van der Waals surface area contributed by atoms with Gasteiger partial charge < -0.3 is 10.3 Å². The average Bonchev–Trinajstić information content (AvgIpc) is 3.07. The van der Waals surface area contributed by atoms with Gasteiger partial charge in [0.05, 0.1) is 11.2 Å². The van der Waals surface area contributed by atoms with E-state index in [4.69, 9.17) is 11.6 Å². The van der Waals surface area contributed by atoms with Crippen molar-refractivity contribution >= 4 is 28.5 Å². The number of anilines is 1. The van der Waals surface area contributed by atoms with Crippen molar-refractivity contribution in [2.24, 2.45) is 5.92 Å². The molecule has 1 aliphatic rings. The number of rotatable bonds is 5. The van der Waals surface area contributed by atoms with Gasteiger partial charge in [-0.3, -0.25) is 0 Å². The Labute approximate surface area is 162 Å². The molecule has 7 heteroatoms. The summed E-state index contributed by atoms with van der Waals surface area (Å²) in [6.07, 6.45) is 11.9. The molecule has 1 saturated carbocycles. The number of fused-ring (bicyclic) bond motifs is 1. The monoisotopic (exact) mass is 385 g/mol. The molecule has 1 unspecified atom stereocenters. The molecule has 0 spiro atoms. The molecule has 3 heterocycles. The average molecular weight is 386 g/mol. The van der Waals surface area contributed by atoms with Crippen molar-refractivity contribution in [3.8, 4) is 11.4 Å². The maximum atomic E-state index is 14.3. The van der Waals surface area contributed by atoms with Crippen molar-refractivity contribution in [2.75, 3.05) is 5.32 Å². The van der Waals surface area contributed by atoms with E-state index in [1.165, 1.54) is 12.6 Å². The molecule has 0 aliphatic heterocycles. The Morgan fingerprint density at radius 2 is 2.22 bits per heavy atom. The summed E-state index contributed by atoms with van der Waals surface area (Å²) in [6.45, 7) is 3.83. The van der Waals surface area contributed by atoms with Gasteiger partial charge in [0.2, 0.25) is 0 Å². The highest BCUT2D eigenvalue weighted by molar-refractivity contribution is 6.31. The fourth-order valence-electron chi connectivity index (χ4n) is 3.83. The van der Waals surface area contributed by atoms with E-state index < -0.39 is 5.82 Å². The first kappa shape index (κ1) is 17.9. The molecule has 0 saturated heterocycles. The lowest BCUT2D eigenvalue weighted by Crippen LogP contribution is -2.28. The van der Waals surface area contributed by atoms with Crippen LogP contribution in [-0.4, -0.2) is 26.0 Å². The van der Waals surface area contributed by atoms with Gasteiger partial charge in [0.1, 0.15) is 5.65 Å². The highest BCUT2D eigenvalue weighted by atomic mass is 35.5. The summed E-state index contributed by atoms with van der Waals surface area (Å²) >= 11 is 6.06. The third kappa shape index (κ3) is 3.81. The minimum absolute atomic E-state index is 0.208. The smallest absolute Gasteiger partial charge is 0.183 e. The molecule has 0 amide bonds. The first-order valence-electron chi connectivity index (χ1n) is 9.17. The van der Waals surface area contributed by atoms with Crippen LogP contribution < -0.4 is 5.32 Å². The second-order valence-corrected chi connectivity index (χ2v) is 7.48. The van der Waals surface area contributed by atoms with E-state index in [0.717, 1.165) is 36.6 Å². The third-order valence-corrected chi connectivity index (χ3v) is 5.31. The highest BCUT2D eigenvalue weighted by Crippen LogP contribution is 2.31. The molecule has 5 nitrogen and oxygen atoms in total. The fraction of sp³-hybridized carbons (Fsp3) is 0.350. The Hall–Kier alpha value is -2.47. The zero-order valence-corrected chi connectivity index (χ0v) is 15.6. The van der Waals surface area contributed by atoms with Crippen molar-refractivity contribution < 1.29 is 4.39 Å². The molecular formula is C20H21ClFN5. The summed E-state index contributed by atoms with van der Waals surface area (Å²) in [4.78, 5) is 15.9. The first-order valence-corrected chi connectivity index (χ1v) is 9.55. The van der Waals surface area contributed by atoms with Crippen molar-refractivity contribution in [3.05, 3.63) is 48.2 Å². The SMILES string of the molecule is C=CCC1CCC[C@H](Nc2nc(-c3c[nH]c4ncc(Cl)cc34)ncc2F)C1. The number of aromatic nitrogens is 4. The van der Waals surface area contributed by atoms with Gasteiger partial charge in [-0.1, -0.05) is 24.1 Å². The number of hydrogen-bond donors (Lipinski definition) is 2. The minimum Gasteiger partial charge on any atom is -0.365 e.